The van der Waals surface area contributed by atoms with Crippen LogP contribution < -0.4 is 11.1 Å². The van der Waals surface area contributed by atoms with Gasteiger partial charge in [-0.25, -0.2) is 9.97 Å². The minimum absolute atomic E-state index is 0.238. The lowest BCUT2D eigenvalue weighted by Gasteiger charge is -2.00. The highest BCUT2D eigenvalue weighted by molar-refractivity contribution is 7.13. The first kappa shape index (κ1) is 9.60. The van der Waals surface area contributed by atoms with Crippen LogP contribution in [-0.4, -0.2) is 15.9 Å². The molecule has 2 heterocycles. The molecule has 0 saturated heterocycles. The summed E-state index contributed by atoms with van der Waals surface area (Å²) >= 11 is 1.36. The SMILES string of the molecule is Nc1ccc(C(=O)Nc2nccs2)cn1. The molecule has 2 rings (SSSR count). The topological polar surface area (TPSA) is 80.9 Å². The zero-order chi connectivity index (χ0) is 10.7. The molecule has 0 unspecified atom stereocenters. The maximum absolute atomic E-state index is 11.6. The van der Waals surface area contributed by atoms with Gasteiger partial charge < -0.3 is 5.73 Å². The maximum atomic E-state index is 11.6. The molecular weight excluding hydrogens is 212 g/mol. The van der Waals surface area contributed by atoms with Gasteiger partial charge in [0.1, 0.15) is 5.82 Å². The Bertz CT molecular complexity index is 451. The van der Waals surface area contributed by atoms with Crippen molar-refractivity contribution in [2.24, 2.45) is 0 Å². The second-order valence-electron chi connectivity index (χ2n) is 2.76. The number of nitrogens with one attached hydrogen (secondary N) is 1. The van der Waals surface area contributed by atoms with Crippen molar-refractivity contribution < 1.29 is 4.79 Å². The van der Waals surface area contributed by atoms with Gasteiger partial charge in [0, 0.05) is 17.8 Å². The van der Waals surface area contributed by atoms with E-state index in [0.29, 0.717) is 16.5 Å². The average molecular weight is 220 g/mol. The van der Waals surface area contributed by atoms with Crippen LogP contribution >= 0.6 is 11.3 Å². The van der Waals surface area contributed by atoms with E-state index in [9.17, 15) is 4.79 Å². The Labute approximate surface area is 90.0 Å². The summed E-state index contributed by atoms with van der Waals surface area (Å²) in [6.45, 7) is 0. The van der Waals surface area contributed by atoms with Crippen LogP contribution in [-0.2, 0) is 0 Å². The smallest absolute Gasteiger partial charge is 0.259 e. The minimum Gasteiger partial charge on any atom is -0.384 e. The number of hydrogen-bond acceptors (Lipinski definition) is 5. The molecule has 2 aromatic heterocycles. The summed E-state index contributed by atoms with van der Waals surface area (Å²) in [6, 6.07) is 3.20. The van der Waals surface area contributed by atoms with Crippen LogP contribution in [0.1, 0.15) is 10.4 Å². The number of thiazole rings is 1. The van der Waals surface area contributed by atoms with Crippen molar-refractivity contribution >= 4 is 28.2 Å². The van der Waals surface area contributed by atoms with E-state index < -0.39 is 0 Å². The summed E-state index contributed by atoms with van der Waals surface area (Å²) in [5.74, 6) is 0.151. The Morgan fingerprint density at radius 2 is 2.27 bits per heavy atom. The largest absolute Gasteiger partial charge is 0.384 e. The van der Waals surface area contributed by atoms with Gasteiger partial charge in [0.15, 0.2) is 5.13 Å². The van der Waals surface area contributed by atoms with Crippen molar-refractivity contribution in [1.82, 2.24) is 9.97 Å². The highest BCUT2D eigenvalue weighted by Gasteiger charge is 2.07. The van der Waals surface area contributed by atoms with E-state index in [-0.39, 0.29) is 5.91 Å². The van der Waals surface area contributed by atoms with Crippen LogP contribution in [0.3, 0.4) is 0 Å². The van der Waals surface area contributed by atoms with Crippen LogP contribution in [0.2, 0.25) is 0 Å². The van der Waals surface area contributed by atoms with Crippen LogP contribution in [0.5, 0.6) is 0 Å². The molecule has 0 atom stereocenters. The molecule has 0 aliphatic rings. The highest BCUT2D eigenvalue weighted by atomic mass is 32.1. The second kappa shape index (κ2) is 4.05. The van der Waals surface area contributed by atoms with E-state index in [1.165, 1.54) is 17.5 Å². The van der Waals surface area contributed by atoms with Gasteiger partial charge >= 0.3 is 0 Å². The van der Waals surface area contributed by atoms with E-state index >= 15 is 0 Å². The third-order valence-electron chi connectivity index (χ3n) is 1.70. The van der Waals surface area contributed by atoms with Crippen molar-refractivity contribution in [2.75, 3.05) is 11.1 Å². The number of nitrogens with zero attached hydrogens (tertiary/aromatic N) is 2. The lowest BCUT2D eigenvalue weighted by molar-refractivity contribution is 0.102. The summed E-state index contributed by atoms with van der Waals surface area (Å²) in [6.07, 6.45) is 3.06. The number of nitrogens with two attached hydrogens (primary N) is 1. The molecule has 0 bridgehead atoms. The number of carbonyl (C=O) groups excluding carboxylic acids is 1. The summed E-state index contributed by atoms with van der Waals surface area (Å²) < 4.78 is 0. The predicted molar refractivity (Wildman–Crippen MR) is 58.7 cm³/mol. The van der Waals surface area contributed by atoms with Gasteiger partial charge in [-0.2, -0.15) is 0 Å². The number of hydrogen-bond donors (Lipinski definition) is 2. The van der Waals surface area contributed by atoms with Gasteiger partial charge in [-0.3, -0.25) is 10.1 Å². The second-order valence-corrected chi connectivity index (χ2v) is 3.66. The molecule has 0 spiro atoms. The van der Waals surface area contributed by atoms with Crippen molar-refractivity contribution in [3.8, 4) is 0 Å². The Morgan fingerprint density at radius 3 is 2.87 bits per heavy atom. The molecule has 0 aliphatic carbocycles. The molecule has 2 aromatic rings. The molecule has 1 amide bonds. The Morgan fingerprint density at radius 1 is 1.40 bits per heavy atom. The predicted octanol–water partition coefficient (Wildman–Crippen LogP) is 1.37. The van der Waals surface area contributed by atoms with E-state index in [1.54, 1.807) is 23.7 Å². The number of pyridine rings is 1. The number of carbonyl (C=O) groups is 1. The molecule has 76 valence electrons. The van der Waals surface area contributed by atoms with Gasteiger partial charge in [-0.15, -0.1) is 11.3 Å². The van der Waals surface area contributed by atoms with Crippen molar-refractivity contribution in [3.05, 3.63) is 35.5 Å². The summed E-state index contributed by atoms with van der Waals surface area (Å²) in [4.78, 5) is 19.4. The van der Waals surface area contributed by atoms with E-state index in [2.05, 4.69) is 15.3 Å². The molecule has 0 fully saturated rings. The Hall–Kier alpha value is -1.95. The molecule has 5 nitrogen and oxygen atoms in total. The van der Waals surface area contributed by atoms with Gasteiger partial charge in [0.2, 0.25) is 0 Å². The molecular formula is C9H8N4OS. The number of aromatic nitrogens is 2. The molecule has 0 radical (unpaired) electrons. The highest BCUT2D eigenvalue weighted by Crippen LogP contribution is 2.12. The van der Waals surface area contributed by atoms with Crippen LogP contribution in [0.15, 0.2) is 29.9 Å². The monoisotopic (exact) mass is 220 g/mol. The fourth-order valence-corrected chi connectivity index (χ4v) is 1.52. The van der Waals surface area contributed by atoms with Gasteiger partial charge in [-0.1, -0.05) is 0 Å². The molecule has 15 heavy (non-hydrogen) atoms. The zero-order valence-corrected chi connectivity index (χ0v) is 8.49. The van der Waals surface area contributed by atoms with Gasteiger partial charge in [0.05, 0.1) is 5.56 Å². The summed E-state index contributed by atoms with van der Waals surface area (Å²) in [7, 11) is 0. The Kier molecular flexibility index (Phi) is 2.59. The molecule has 0 saturated carbocycles. The van der Waals surface area contributed by atoms with Gasteiger partial charge in [-0.05, 0) is 12.1 Å². The number of amides is 1. The molecule has 0 aromatic carbocycles. The van der Waals surface area contributed by atoms with Gasteiger partial charge in [0.25, 0.3) is 5.91 Å². The maximum Gasteiger partial charge on any atom is 0.259 e. The van der Waals surface area contributed by atoms with Crippen molar-refractivity contribution in [3.63, 3.8) is 0 Å². The number of rotatable bonds is 2. The first-order valence-electron chi connectivity index (χ1n) is 4.18. The quantitative estimate of drug-likeness (QED) is 0.801. The fraction of sp³-hybridized carbons (Fsp3) is 0. The third-order valence-corrected chi connectivity index (χ3v) is 2.39. The third kappa shape index (κ3) is 2.29. The zero-order valence-electron chi connectivity index (χ0n) is 7.68. The summed E-state index contributed by atoms with van der Waals surface area (Å²) in [5, 5.41) is 5.00. The number of nitrogen functional groups attached to an aromatic ring is 1. The van der Waals surface area contributed by atoms with E-state index in [0.717, 1.165) is 0 Å². The lowest BCUT2D eigenvalue weighted by Crippen LogP contribution is -2.12. The molecule has 6 heteroatoms. The van der Waals surface area contributed by atoms with E-state index in [1.807, 2.05) is 0 Å². The van der Waals surface area contributed by atoms with Crippen LogP contribution in [0, 0.1) is 0 Å². The lowest BCUT2D eigenvalue weighted by atomic mass is 10.2. The van der Waals surface area contributed by atoms with Crippen molar-refractivity contribution in [2.45, 2.75) is 0 Å². The van der Waals surface area contributed by atoms with E-state index in [4.69, 9.17) is 5.73 Å². The normalized spacial score (nSPS) is 9.87. The average Bonchev–Trinajstić information content (AvgIpc) is 2.71. The Balaban J connectivity index is 2.11. The van der Waals surface area contributed by atoms with Crippen LogP contribution in [0.4, 0.5) is 10.9 Å². The van der Waals surface area contributed by atoms with Crippen molar-refractivity contribution in [1.29, 1.82) is 0 Å². The molecule has 3 N–H and O–H groups in total. The first-order valence-corrected chi connectivity index (χ1v) is 5.06. The standard InChI is InChI=1S/C9H8N4OS/c10-7-2-1-6(5-12-7)8(14)13-9-11-3-4-15-9/h1-5H,(H2,10,12)(H,11,13,14). The minimum atomic E-state index is -0.238. The summed E-state index contributed by atoms with van der Waals surface area (Å²) in [5.41, 5.74) is 5.87. The fourth-order valence-electron chi connectivity index (χ4n) is 0.994. The first-order chi connectivity index (χ1) is 7.25. The molecule has 0 aliphatic heterocycles. The number of anilines is 2. The van der Waals surface area contributed by atoms with Crippen LogP contribution in [0.25, 0.3) is 0 Å².